The average Bonchev–Trinajstić information content (AvgIpc) is 2.92. The number of aliphatic hydroxyl groups excluding tert-OH is 2. The van der Waals surface area contributed by atoms with Gasteiger partial charge in [0, 0.05) is 19.6 Å². The molecule has 1 aliphatic rings. The van der Waals surface area contributed by atoms with E-state index in [1.807, 2.05) is 12.1 Å². The van der Waals surface area contributed by atoms with E-state index >= 15 is 0 Å². The highest BCUT2D eigenvalue weighted by Crippen LogP contribution is 2.19. The van der Waals surface area contributed by atoms with Crippen LogP contribution < -0.4 is 0 Å². The molecule has 0 unspecified atom stereocenters. The molecule has 0 bridgehead atoms. The summed E-state index contributed by atoms with van der Waals surface area (Å²) in [7, 11) is 1.64. The van der Waals surface area contributed by atoms with Crippen LogP contribution in [-0.4, -0.2) is 60.7 Å². The Labute approximate surface area is 131 Å². The van der Waals surface area contributed by atoms with Crippen LogP contribution in [0.4, 0.5) is 0 Å². The van der Waals surface area contributed by atoms with Gasteiger partial charge in [-0.15, -0.1) is 0 Å². The van der Waals surface area contributed by atoms with Crippen LogP contribution in [0.15, 0.2) is 16.5 Å². The first-order chi connectivity index (χ1) is 10.6. The normalized spacial score (nSPS) is 25.8. The van der Waals surface area contributed by atoms with Crippen LogP contribution in [0, 0.1) is 5.92 Å². The van der Waals surface area contributed by atoms with Gasteiger partial charge in [-0.25, -0.2) is 0 Å². The van der Waals surface area contributed by atoms with Crippen molar-refractivity contribution in [3.63, 3.8) is 0 Å². The second-order valence-electron chi connectivity index (χ2n) is 5.89. The summed E-state index contributed by atoms with van der Waals surface area (Å²) in [6.45, 7) is 5.53. The monoisotopic (exact) mass is 313 g/mol. The van der Waals surface area contributed by atoms with Crippen LogP contribution in [-0.2, 0) is 22.6 Å². The highest BCUT2D eigenvalue weighted by molar-refractivity contribution is 5.06. The topological polar surface area (TPSA) is 75.3 Å². The SMILES string of the molecule is CCCN(Cc1ccc(COC)o1)C[C@@H]1COC[C@@H](O)[C@H]1O. The molecule has 0 radical (unpaired) electrons. The highest BCUT2D eigenvalue weighted by Gasteiger charge is 2.32. The summed E-state index contributed by atoms with van der Waals surface area (Å²) in [5.41, 5.74) is 0. The average molecular weight is 313 g/mol. The van der Waals surface area contributed by atoms with Crippen molar-refractivity contribution in [2.75, 3.05) is 33.4 Å². The minimum atomic E-state index is -0.792. The Hall–Kier alpha value is -0.920. The van der Waals surface area contributed by atoms with Crippen molar-refractivity contribution in [1.82, 2.24) is 4.90 Å². The molecule has 1 aromatic rings. The zero-order chi connectivity index (χ0) is 15.9. The Morgan fingerprint density at radius 1 is 1.27 bits per heavy atom. The molecular formula is C16H27NO5. The molecule has 2 N–H and O–H groups in total. The number of hydrogen-bond acceptors (Lipinski definition) is 6. The molecule has 1 aliphatic heterocycles. The molecule has 6 nitrogen and oxygen atoms in total. The molecule has 126 valence electrons. The van der Waals surface area contributed by atoms with Gasteiger partial charge in [-0.1, -0.05) is 6.92 Å². The van der Waals surface area contributed by atoms with Crippen LogP contribution in [0.2, 0.25) is 0 Å². The summed E-state index contributed by atoms with van der Waals surface area (Å²) in [6.07, 6.45) is -0.509. The van der Waals surface area contributed by atoms with E-state index in [2.05, 4.69) is 11.8 Å². The summed E-state index contributed by atoms with van der Waals surface area (Å²) in [5.74, 6) is 1.61. The van der Waals surface area contributed by atoms with Gasteiger partial charge in [0.2, 0.25) is 0 Å². The van der Waals surface area contributed by atoms with E-state index in [1.165, 1.54) is 0 Å². The van der Waals surface area contributed by atoms with Gasteiger partial charge in [0.15, 0.2) is 0 Å². The first-order valence-corrected chi connectivity index (χ1v) is 7.86. The Kier molecular flexibility index (Phi) is 6.85. The molecule has 6 heteroatoms. The molecule has 0 aromatic carbocycles. The van der Waals surface area contributed by atoms with Crippen molar-refractivity contribution in [2.24, 2.45) is 5.92 Å². The Morgan fingerprint density at radius 2 is 2.05 bits per heavy atom. The van der Waals surface area contributed by atoms with Crippen LogP contribution in [0.1, 0.15) is 24.9 Å². The lowest BCUT2D eigenvalue weighted by molar-refractivity contribution is -0.126. The first kappa shape index (κ1) is 17.4. The Bertz CT molecular complexity index is 436. The third-order valence-corrected chi connectivity index (χ3v) is 3.91. The van der Waals surface area contributed by atoms with Gasteiger partial charge in [0.05, 0.1) is 25.9 Å². The van der Waals surface area contributed by atoms with E-state index in [0.717, 1.165) is 24.5 Å². The summed E-state index contributed by atoms with van der Waals surface area (Å²) >= 11 is 0. The molecule has 1 fully saturated rings. The molecule has 3 atom stereocenters. The Balaban J connectivity index is 1.93. The van der Waals surface area contributed by atoms with Gasteiger partial charge in [0.25, 0.3) is 0 Å². The number of nitrogens with zero attached hydrogens (tertiary/aromatic N) is 1. The van der Waals surface area contributed by atoms with Gasteiger partial charge < -0.3 is 24.1 Å². The van der Waals surface area contributed by atoms with Crippen LogP contribution in [0.5, 0.6) is 0 Å². The van der Waals surface area contributed by atoms with E-state index in [4.69, 9.17) is 13.9 Å². The molecule has 0 spiro atoms. The van der Waals surface area contributed by atoms with E-state index < -0.39 is 12.2 Å². The van der Waals surface area contributed by atoms with E-state index in [9.17, 15) is 10.2 Å². The fraction of sp³-hybridized carbons (Fsp3) is 0.750. The zero-order valence-corrected chi connectivity index (χ0v) is 13.4. The fourth-order valence-corrected chi connectivity index (χ4v) is 2.84. The summed E-state index contributed by atoms with van der Waals surface area (Å²) in [4.78, 5) is 2.23. The van der Waals surface area contributed by atoms with Gasteiger partial charge in [0.1, 0.15) is 24.2 Å². The van der Waals surface area contributed by atoms with Crippen molar-refractivity contribution >= 4 is 0 Å². The molecule has 0 amide bonds. The third kappa shape index (κ3) is 4.79. The molecule has 2 heterocycles. The van der Waals surface area contributed by atoms with Crippen molar-refractivity contribution in [2.45, 2.75) is 38.7 Å². The second-order valence-corrected chi connectivity index (χ2v) is 5.89. The second kappa shape index (κ2) is 8.64. The number of aliphatic hydroxyl groups is 2. The van der Waals surface area contributed by atoms with Gasteiger partial charge in [-0.05, 0) is 25.1 Å². The maximum atomic E-state index is 10.1. The molecular weight excluding hydrogens is 286 g/mol. The molecule has 1 aromatic heterocycles. The molecule has 22 heavy (non-hydrogen) atoms. The first-order valence-electron chi connectivity index (χ1n) is 7.86. The van der Waals surface area contributed by atoms with Gasteiger partial charge >= 0.3 is 0 Å². The van der Waals surface area contributed by atoms with Crippen molar-refractivity contribution in [1.29, 1.82) is 0 Å². The molecule has 1 saturated heterocycles. The standard InChI is InChI=1S/C16H27NO5/c1-3-6-17(7-12-9-21-11-15(18)16(12)19)8-13-4-5-14(22-13)10-20-2/h4-5,12,15-16,18-19H,3,6-11H2,1-2H3/t12-,15-,16+/m1/s1. The largest absolute Gasteiger partial charge is 0.462 e. The van der Waals surface area contributed by atoms with Gasteiger partial charge in [-0.3, -0.25) is 4.90 Å². The van der Waals surface area contributed by atoms with E-state index in [0.29, 0.717) is 26.3 Å². The summed E-state index contributed by atoms with van der Waals surface area (Å²) in [6, 6.07) is 3.88. The quantitative estimate of drug-likeness (QED) is 0.746. The predicted molar refractivity (Wildman–Crippen MR) is 81.3 cm³/mol. The predicted octanol–water partition coefficient (Wildman–Crippen LogP) is 1.01. The highest BCUT2D eigenvalue weighted by atomic mass is 16.5. The van der Waals surface area contributed by atoms with Crippen molar-refractivity contribution in [3.8, 4) is 0 Å². The zero-order valence-electron chi connectivity index (χ0n) is 13.4. The van der Waals surface area contributed by atoms with Crippen LogP contribution >= 0.6 is 0 Å². The molecule has 0 aliphatic carbocycles. The van der Waals surface area contributed by atoms with Crippen LogP contribution in [0.25, 0.3) is 0 Å². The number of methoxy groups -OCH3 is 1. The lowest BCUT2D eigenvalue weighted by atomic mass is 9.96. The van der Waals surface area contributed by atoms with Crippen molar-refractivity contribution in [3.05, 3.63) is 23.7 Å². The molecule has 0 saturated carbocycles. The van der Waals surface area contributed by atoms with Crippen molar-refractivity contribution < 1.29 is 24.1 Å². The minimum Gasteiger partial charge on any atom is -0.462 e. The maximum absolute atomic E-state index is 10.1. The van der Waals surface area contributed by atoms with E-state index in [-0.39, 0.29) is 12.5 Å². The number of rotatable bonds is 8. The number of hydrogen-bond donors (Lipinski definition) is 2. The Morgan fingerprint density at radius 3 is 2.77 bits per heavy atom. The smallest absolute Gasteiger partial charge is 0.129 e. The lowest BCUT2D eigenvalue weighted by Gasteiger charge is -2.35. The van der Waals surface area contributed by atoms with Gasteiger partial charge in [-0.2, -0.15) is 0 Å². The lowest BCUT2D eigenvalue weighted by Crippen LogP contribution is -2.48. The maximum Gasteiger partial charge on any atom is 0.129 e. The summed E-state index contributed by atoms with van der Waals surface area (Å²) in [5, 5.41) is 19.8. The minimum absolute atomic E-state index is 0.0799. The van der Waals surface area contributed by atoms with Crippen LogP contribution in [0.3, 0.4) is 0 Å². The number of ether oxygens (including phenoxy) is 2. The fourth-order valence-electron chi connectivity index (χ4n) is 2.84. The molecule has 2 rings (SSSR count). The number of furan rings is 1. The third-order valence-electron chi connectivity index (χ3n) is 3.91. The van der Waals surface area contributed by atoms with E-state index in [1.54, 1.807) is 7.11 Å². The summed E-state index contributed by atoms with van der Waals surface area (Å²) < 4.78 is 16.1.